The van der Waals surface area contributed by atoms with E-state index in [0.717, 1.165) is 34.6 Å². The molecule has 2 unspecified atom stereocenters. The number of carbonyl (C=O) groups excluding carboxylic acids is 1. The van der Waals surface area contributed by atoms with E-state index in [0.29, 0.717) is 12.0 Å². The van der Waals surface area contributed by atoms with Crippen molar-refractivity contribution in [1.82, 2.24) is 9.21 Å². The van der Waals surface area contributed by atoms with Crippen LogP contribution in [0.2, 0.25) is 0 Å². The normalized spacial score (nSPS) is 22.1. The van der Waals surface area contributed by atoms with Crippen LogP contribution in [0.1, 0.15) is 23.5 Å². The number of rotatable bonds is 4. The summed E-state index contributed by atoms with van der Waals surface area (Å²) in [5.74, 6) is -3.12. The summed E-state index contributed by atoms with van der Waals surface area (Å²) in [7, 11) is -4.39. The first-order valence-corrected chi connectivity index (χ1v) is 11.3. The summed E-state index contributed by atoms with van der Waals surface area (Å²) in [5.41, 5.74) is -0.110. The van der Waals surface area contributed by atoms with Crippen molar-refractivity contribution in [2.45, 2.75) is 23.4 Å². The molecule has 1 saturated carbocycles. The highest BCUT2D eigenvalue weighted by molar-refractivity contribution is 7.89. The van der Waals surface area contributed by atoms with Crippen molar-refractivity contribution in [3.8, 4) is 0 Å². The monoisotopic (exact) mass is 474 g/mol. The highest BCUT2D eigenvalue weighted by atomic mass is 32.2. The lowest BCUT2D eigenvalue weighted by atomic mass is 10.1. The number of amides is 1. The average molecular weight is 474 g/mol. The van der Waals surface area contributed by atoms with Crippen molar-refractivity contribution in [2.75, 3.05) is 26.2 Å². The van der Waals surface area contributed by atoms with Crippen LogP contribution >= 0.6 is 0 Å². The van der Waals surface area contributed by atoms with E-state index in [1.807, 2.05) is 0 Å². The summed E-state index contributed by atoms with van der Waals surface area (Å²) in [6, 6.07) is 7.52. The van der Waals surface area contributed by atoms with E-state index in [2.05, 4.69) is 0 Å². The smallest absolute Gasteiger partial charge is 0.340 e. The highest BCUT2D eigenvalue weighted by Crippen LogP contribution is 2.49. The fourth-order valence-electron chi connectivity index (χ4n) is 4.00. The Bertz CT molecular complexity index is 1110. The highest BCUT2D eigenvalue weighted by Gasteiger charge is 2.47. The molecule has 1 amide bonds. The van der Waals surface area contributed by atoms with Gasteiger partial charge in [0, 0.05) is 32.1 Å². The number of hydrogen-bond donors (Lipinski definition) is 0. The topological polar surface area (TPSA) is 57.7 Å². The molecule has 1 aliphatic heterocycles. The fraction of sp³-hybridized carbons (Fsp3) is 0.381. The van der Waals surface area contributed by atoms with Gasteiger partial charge in [-0.05, 0) is 42.2 Å². The maximum atomic E-state index is 13.9. The third-order valence-electron chi connectivity index (χ3n) is 5.84. The predicted molar refractivity (Wildman–Crippen MR) is 104 cm³/mol. The molecule has 2 aromatic rings. The third kappa shape index (κ3) is 4.23. The zero-order valence-electron chi connectivity index (χ0n) is 16.6. The molecule has 2 fully saturated rings. The van der Waals surface area contributed by atoms with E-state index in [1.165, 1.54) is 17.0 Å². The minimum atomic E-state index is -4.43. The molecular weight excluding hydrogens is 455 g/mol. The summed E-state index contributed by atoms with van der Waals surface area (Å²) in [5, 5.41) is 0. The van der Waals surface area contributed by atoms with Gasteiger partial charge in [-0.1, -0.05) is 18.2 Å². The molecule has 0 N–H and O–H groups in total. The van der Waals surface area contributed by atoms with E-state index >= 15 is 0 Å². The summed E-state index contributed by atoms with van der Waals surface area (Å²) in [6.07, 6.45) is -3.92. The van der Waals surface area contributed by atoms with Crippen molar-refractivity contribution in [1.29, 1.82) is 0 Å². The number of carbonyl (C=O) groups is 1. The van der Waals surface area contributed by atoms with Crippen molar-refractivity contribution >= 4 is 15.9 Å². The van der Waals surface area contributed by atoms with Crippen LogP contribution in [0.3, 0.4) is 0 Å². The first kappa shape index (κ1) is 22.7. The molecule has 2 aromatic carbocycles. The molecule has 1 heterocycles. The van der Waals surface area contributed by atoms with Gasteiger partial charge in [0.25, 0.3) is 0 Å². The first-order chi connectivity index (χ1) is 15.0. The standard InChI is InChI=1S/C21H19F5N2O3S/c22-17-2-1-3-18(23)19(17)32(30,31)28-10-8-27(9-11-28)20(29)16-12-15(16)13-4-6-14(7-5-13)21(24,25)26/h1-7,15-16H,8-12H2. The summed E-state index contributed by atoms with van der Waals surface area (Å²) < 4.78 is 92.2. The number of piperazine rings is 1. The van der Waals surface area contributed by atoms with Crippen LogP contribution < -0.4 is 0 Å². The number of nitrogens with zero attached hydrogens (tertiary/aromatic N) is 2. The number of halogens is 5. The van der Waals surface area contributed by atoms with E-state index in [1.54, 1.807) is 0 Å². The Morgan fingerprint density at radius 1 is 0.906 bits per heavy atom. The van der Waals surface area contributed by atoms with Crippen LogP contribution in [0.4, 0.5) is 22.0 Å². The molecule has 4 rings (SSSR count). The quantitative estimate of drug-likeness (QED) is 0.637. The Hall–Kier alpha value is -2.53. The largest absolute Gasteiger partial charge is 0.416 e. The Labute approximate surface area is 181 Å². The van der Waals surface area contributed by atoms with Gasteiger partial charge in [-0.25, -0.2) is 17.2 Å². The zero-order chi connectivity index (χ0) is 23.3. The molecule has 1 saturated heterocycles. The van der Waals surface area contributed by atoms with Gasteiger partial charge in [0.15, 0.2) is 4.90 Å². The molecule has 0 spiro atoms. The van der Waals surface area contributed by atoms with Crippen LogP contribution in [0.25, 0.3) is 0 Å². The van der Waals surface area contributed by atoms with Gasteiger partial charge in [-0.15, -0.1) is 0 Å². The second-order valence-electron chi connectivity index (χ2n) is 7.85. The van der Waals surface area contributed by atoms with Crippen LogP contribution in [-0.2, 0) is 21.0 Å². The van der Waals surface area contributed by atoms with Crippen LogP contribution in [0.5, 0.6) is 0 Å². The van der Waals surface area contributed by atoms with Crippen molar-refractivity contribution in [2.24, 2.45) is 5.92 Å². The van der Waals surface area contributed by atoms with Gasteiger partial charge in [0.2, 0.25) is 15.9 Å². The second-order valence-corrected chi connectivity index (χ2v) is 9.72. The number of benzene rings is 2. The summed E-state index contributed by atoms with van der Waals surface area (Å²) >= 11 is 0. The summed E-state index contributed by atoms with van der Waals surface area (Å²) in [6.45, 7) is -0.103. The molecule has 2 atom stereocenters. The molecule has 32 heavy (non-hydrogen) atoms. The molecule has 0 radical (unpaired) electrons. The van der Waals surface area contributed by atoms with Gasteiger partial charge < -0.3 is 4.90 Å². The van der Waals surface area contributed by atoms with Crippen LogP contribution in [0.15, 0.2) is 47.4 Å². The number of hydrogen-bond acceptors (Lipinski definition) is 3. The first-order valence-electron chi connectivity index (χ1n) is 9.90. The van der Waals surface area contributed by atoms with E-state index in [-0.39, 0.29) is 43.9 Å². The van der Waals surface area contributed by atoms with Crippen molar-refractivity contribution in [3.63, 3.8) is 0 Å². The van der Waals surface area contributed by atoms with Crippen molar-refractivity contribution < 1.29 is 35.2 Å². The Balaban J connectivity index is 1.37. The molecule has 5 nitrogen and oxygen atoms in total. The Morgan fingerprint density at radius 2 is 1.47 bits per heavy atom. The van der Waals surface area contributed by atoms with E-state index < -0.39 is 38.3 Å². The van der Waals surface area contributed by atoms with Crippen LogP contribution in [-0.4, -0.2) is 49.7 Å². The molecular formula is C21H19F5N2O3S. The molecule has 0 aromatic heterocycles. The lowest BCUT2D eigenvalue weighted by molar-refractivity contribution is -0.137. The number of sulfonamides is 1. The van der Waals surface area contributed by atoms with Gasteiger partial charge >= 0.3 is 6.18 Å². The maximum Gasteiger partial charge on any atom is 0.416 e. The second kappa shape index (κ2) is 8.11. The molecule has 1 aliphatic carbocycles. The molecule has 2 aliphatic rings. The molecule has 0 bridgehead atoms. The average Bonchev–Trinajstić information content (AvgIpc) is 3.53. The van der Waals surface area contributed by atoms with E-state index in [9.17, 15) is 35.2 Å². The van der Waals surface area contributed by atoms with Gasteiger partial charge in [-0.3, -0.25) is 4.79 Å². The predicted octanol–water partition coefficient (Wildman–Crippen LogP) is 3.62. The zero-order valence-corrected chi connectivity index (χ0v) is 17.5. The Kier molecular flexibility index (Phi) is 5.74. The molecule has 11 heteroatoms. The lowest BCUT2D eigenvalue weighted by Crippen LogP contribution is -2.51. The Morgan fingerprint density at radius 3 is 2.00 bits per heavy atom. The van der Waals surface area contributed by atoms with Gasteiger partial charge in [-0.2, -0.15) is 17.5 Å². The minimum absolute atomic E-state index is 0.0599. The third-order valence-corrected chi connectivity index (χ3v) is 7.79. The molecule has 172 valence electrons. The summed E-state index contributed by atoms with van der Waals surface area (Å²) in [4.78, 5) is 13.2. The van der Waals surface area contributed by atoms with Crippen LogP contribution in [0, 0.1) is 17.6 Å². The SMILES string of the molecule is O=C(C1CC1c1ccc(C(F)(F)F)cc1)N1CCN(S(=O)(=O)c2c(F)cccc2F)CC1. The maximum absolute atomic E-state index is 13.9. The fourth-order valence-corrected chi connectivity index (χ4v) is 5.53. The van der Waals surface area contributed by atoms with E-state index in [4.69, 9.17) is 0 Å². The van der Waals surface area contributed by atoms with Gasteiger partial charge in [0.05, 0.1) is 5.56 Å². The van der Waals surface area contributed by atoms with Crippen molar-refractivity contribution in [3.05, 3.63) is 65.2 Å². The number of alkyl halides is 3. The van der Waals surface area contributed by atoms with Gasteiger partial charge in [0.1, 0.15) is 11.6 Å². The minimum Gasteiger partial charge on any atom is -0.340 e. The lowest BCUT2D eigenvalue weighted by Gasteiger charge is -2.34.